The molecule has 1 rings (SSSR count). The second-order valence-corrected chi connectivity index (χ2v) is 4.93. The van der Waals surface area contributed by atoms with E-state index in [2.05, 4.69) is 10.6 Å². The molecule has 0 aliphatic carbocycles. The smallest absolute Gasteiger partial charge is 0.303 e. The van der Waals surface area contributed by atoms with Crippen LogP contribution in [0.2, 0.25) is 0 Å². The first-order valence-corrected chi connectivity index (χ1v) is 6.86. The summed E-state index contributed by atoms with van der Waals surface area (Å²) < 4.78 is 0. The molecule has 1 aliphatic rings. The summed E-state index contributed by atoms with van der Waals surface area (Å²) >= 11 is 0. The number of carboxylic acids is 1. The fourth-order valence-electron chi connectivity index (χ4n) is 2.41. The Hall–Kier alpha value is -1.10. The minimum Gasteiger partial charge on any atom is -0.481 e. The summed E-state index contributed by atoms with van der Waals surface area (Å²) in [6.07, 6.45) is 5.38. The summed E-state index contributed by atoms with van der Waals surface area (Å²) in [5.41, 5.74) is -0.360. The van der Waals surface area contributed by atoms with Gasteiger partial charge in [-0.1, -0.05) is 13.3 Å². The SMILES string of the molecule is CCC1(C(=O)NCCCCCC(=O)O)CCCN1. The molecule has 1 heterocycles. The van der Waals surface area contributed by atoms with E-state index in [0.717, 1.165) is 38.6 Å². The fourth-order valence-corrected chi connectivity index (χ4v) is 2.41. The highest BCUT2D eigenvalue weighted by molar-refractivity contribution is 5.86. The molecule has 0 aromatic heterocycles. The Morgan fingerprint density at radius 1 is 1.33 bits per heavy atom. The third kappa shape index (κ3) is 4.29. The number of carbonyl (C=O) groups excluding carboxylic acids is 1. The predicted octanol–water partition coefficient (Wildman–Crippen LogP) is 1.28. The van der Waals surface area contributed by atoms with Crippen LogP contribution in [0.4, 0.5) is 0 Å². The number of rotatable bonds is 8. The van der Waals surface area contributed by atoms with Crippen LogP contribution in [0.15, 0.2) is 0 Å². The van der Waals surface area contributed by atoms with Gasteiger partial charge >= 0.3 is 5.97 Å². The molecule has 18 heavy (non-hydrogen) atoms. The van der Waals surface area contributed by atoms with Crippen molar-refractivity contribution < 1.29 is 14.7 Å². The largest absolute Gasteiger partial charge is 0.481 e. The lowest BCUT2D eigenvalue weighted by Crippen LogP contribution is -2.53. The van der Waals surface area contributed by atoms with Crippen molar-refractivity contribution >= 4 is 11.9 Å². The highest BCUT2D eigenvalue weighted by atomic mass is 16.4. The number of nitrogens with one attached hydrogen (secondary N) is 2. The minimum absolute atomic E-state index is 0.0979. The van der Waals surface area contributed by atoms with Gasteiger partial charge in [-0.2, -0.15) is 0 Å². The molecule has 104 valence electrons. The number of carbonyl (C=O) groups is 2. The van der Waals surface area contributed by atoms with E-state index >= 15 is 0 Å². The van der Waals surface area contributed by atoms with Crippen molar-refractivity contribution in [3.05, 3.63) is 0 Å². The predicted molar refractivity (Wildman–Crippen MR) is 69.4 cm³/mol. The van der Waals surface area contributed by atoms with Crippen molar-refractivity contribution in [2.24, 2.45) is 0 Å². The lowest BCUT2D eigenvalue weighted by molar-refractivity contribution is -0.137. The summed E-state index contributed by atoms with van der Waals surface area (Å²) in [6, 6.07) is 0. The first-order valence-electron chi connectivity index (χ1n) is 6.86. The molecule has 0 radical (unpaired) electrons. The van der Waals surface area contributed by atoms with E-state index in [-0.39, 0.29) is 17.9 Å². The molecule has 0 bridgehead atoms. The molecule has 0 saturated carbocycles. The number of carboxylic acid groups (broad SMARTS) is 1. The monoisotopic (exact) mass is 256 g/mol. The Bertz CT molecular complexity index is 286. The third-order valence-electron chi connectivity index (χ3n) is 3.63. The zero-order chi connectivity index (χ0) is 13.4. The highest BCUT2D eigenvalue weighted by Crippen LogP contribution is 2.22. The van der Waals surface area contributed by atoms with Crippen molar-refractivity contribution in [2.75, 3.05) is 13.1 Å². The molecule has 5 nitrogen and oxygen atoms in total. The lowest BCUT2D eigenvalue weighted by atomic mass is 9.93. The van der Waals surface area contributed by atoms with Crippen molar-refractivity contribution in [2.45, 2.75) is 57.4 Å². The summed E-state index contributed by atoms with van der Waals surface area (Å²) in [4.78, 5) is 22.4. The van der Waals surface area contributed by atoms with Gasteiger partial charge in [0, 0.05) is 13.0 Å². The Kier molecular flexibility index (Phi) is 6.12. The third-order valence-corrected chi connectivity index (χ3v) is 3.63. The van der Waals surface area contributed by atoms with E-state index in [1.54, 1.807) is 0 Å². The molecular weight excluding hydrogens is 232 g/mol. The number of aliphatic carboxylic acids is 1. The molecule has 1 fully saturated rings. The molecule has 1 aliphatic heterocycles. The van der Waals surface area contributed by atoms with Crippen LogP contribution in [0.25, 0.3) is 0 Å². The van der Waals surface area contributed by atoms with Crippen LogP contribution in [-0.4, -0.2) is 35.6 Å². The van der Waals surface area contributed by atoms with Gasteiger partial charge in [-0.3, -0.25) is 9.59 Å². The number of amides is 1. The quantitative estimate of drug-likeness (QED) is 0.572. The van der Waals surface area contributed by atoms with Gasteiger partial charge in [0.15, 0.2) is 0 Å². The molecule has 1 unspecified atom stereocenters. The zero-order valence-corrected chi connectivity index (χ0v) is 11.1. The molecule has 5 heteroatoms. The van der Waals surface area contributed by atoms with E-state index in [0.29, 0.717) is 13.0 Å². The van der Waals surface area contributed by atoms with Gasteiger partial charge in [-0.05, 0) is 38.6 Å². The molecule has 3 N–H and O–H groups in total. The second kappa shape index (κ2) is 7.36. The maximum Gasteiger partial charge on any atom is 0.303 e. The molecule has 0 aromatic rings. The number of hydrogen-bond acceptors (Lipinski definition) is 3. The van der Waals surface area contributed by atoms with Gasteiger partial charge in [0.1, 0.15) is 0 Å². The molecule has 1 amide bonds. The van der Waals surface area contributed by atoms with Gasteiger partial charge < -0.3 is 15.7 Å². The standard InChI is InChI=1S/C13H24N2O3/c1-2-13(8-6-10-15-13)12(18)14-9-5-3-4-7-11(16)17/h15H,2-10H2,1H3,(H,14,18)(H,16,17). The van der Waals surface area contributed by atoms with Crippen molar-refractivity contribution in [3.63, 3.8) is 0 Å². The normalized spacial score (nSPS) is 22.9. The Labute approximate surface area is 108 Å². The van der Waals surface area contributed by atoms with E-state index < -0.39 is 5.97 Å². The average Bonchev–Trinajstić information content (AvgIpc) is 2.83. The highest BCUT2D eigenvalue weighted by Gasteiger charge is 2.38. The maximum atomic E-state index is 12.1. The van der Waals surface area contributed by atoms with Crippen LogP contribution >= 0.6 is 0 Å². The summed E-state index contributed by atoms with van der Waals surface area (Å²) in [6.45, 7) is 3.59. The van der Waals surface area contributed by atoms with Gasteiger partial charge in [-0.15, -0.1) is 0 Å². The summed E-state index contributed by atoms with van der Waals surface area (Å²) in [5, 5.41) is 14.7. The molecule has 1 atom stereocenters. The van der Waals surface area contributed by atoms with Crippen molar-refractivity contribution in [1.29, 1.82) is 0 Å². The van der Waals surface area contributed by atoms with Crippen LogP contribution in [0, 0.1) is 0 Å². The molecule has 0 spiro atoms. The van der Waals surface area contributed by atoms with Gasteiger partial charge in [0.2, 0.25) is 5.91 Å². The first-order chi connectivity index (χ1) is 8.60. The zero-order valence-electron chi connectivity index (χ0n) is 11.1. The van der Waals surface area contributed by atoms with Gasteiger partial charge in [0.05, 0.1) is 5.54 Å². The molecular formula is C13H24N2O3. The Morgan fingerprint density at radius 2 is 2.11 bits per heavy atom. The molecule has 0 aromatic carbocycles. The minimum atomic E-state index is -0.751. The van der Waals surface area contributed by atoms with Crippen LogP contribution < -0.4 is 10.6 Å². The van der Waals surface area contributed by atoms with E-state index in [1.807, 2.05) is 6.92 Å². The number of unbranched alkanes of at least 4 members (excludes halogenated alkanes) is 2. The van der Waals surface area contributed by atoms with E-state index in [4.69, 9.17) is 5.11 Å². The van der Waals surface area contributed by atoms with Crippen molar-refractivity contribution in [3.8, 4) is 0 Å². The van der Waals surface area contributed by atoms with Gasteiger partial charge in [0.25, 0.3) is 0 Å². The van der Waals surface area contributed by atoms with Crippen LogP contribution in [0.3, 0.4) is 0 Å². The summed E-state index contributed by atoms with van der Waals surface area (Å²) in [5.74, 6) is -0.653. The summed E-state index contributed by atoms with van der Waals surface area (Å²) in [7, 11) is 0. The lowest BCUT2D eigenvalue weighted by Gasteiger charge is -2.26. The van der Waals surface area contributed by atoms with Crippen LogP contribution in [-0.2, 0) is 9.59 Å². The Balaban J connectivity index is 2.15. The van der Waals surface area contributed by atoms with Crippen LogP contribution in [0.1, 0.15) is 51.9 Å². The van der Waals surface area contributed by atoms with E-state index in [1.165, 1.54) is 0 Å². The second-order valence-electron chi connectivity index (χ2n) is 4.93. The Morgan fingerprint density at radius 3 is 2.67 bits per heavy atom. The van der Waals surface area contributed by atoms with Crippen molar-refractivity contribution in [1.82, 2.24) is 10.6 Å². The van der Waals surface area contributed by atoms with Gasteiger partial charge in [-0.25, -0.2) is 0 Å². The maximum absolute atomic E-state index is 12.1. The topological polar surface area (TPSA) is 78.4 Å². The number of hydrogen-bond donors (Lipinski definition) is 3. The van der Waals surface area contributed by atoms with E-state index in [9.17, 15) is 9.59 Å². The average molecular weight is 256 g/mol. The molecule has 1 saturated heterocycles. The fraction of sp³-hybridized carbons (Fsp3) is 0.846. The van der Waals surface area contributed by atoms with Crippen LogP contribution in [0.5, 0.6) is 0 Å². The first kappa shape index (κ1) is 15.0.